The molecule has 0 heterocycles. The Labute approximate surface area is 148 Å². The molecule has 0 saturated carbocycles. The van der Waals surface area contributed by atoms with Crippen LogP contribution < -0.4 is 14.9 Å². The van der Waals surface area contributed by atoms with Gasteiger partial charge in [0.15, 0.2) is 17.3 Å². The van der Waals surface area contributed by atoms with Crippen LogP contribution in [0, 0.1) is 5.82 Å². The van der Waals surface area contributed by atoms with E-state index in [0.717, 1.165) is 6.07 Å². The van der Waals surface area contributed by atoms with E-state index >= 15 is 0 Å². The number of hydrogen-bond acceptors (Lipinski definition) is 8. The molecule has 0 unspecified atom stereocenters. The van der Waals surface area contributed by atoms with Crippen LogP contribution in [0.25, 0.3) is 0 Å². The molecule has 1 N–H and O–H groups in total. The molecule has 0 aliphatic carbocycles. The van der Waals surface area contributed by atoms with E-state index in [4.69, 9.17) is 30.5 Å². The zero-order valence-corrected chi connectivity index (χ0v) is 14.9. The van der Waals surface area contributed by atoms with Gasteiger partial charge in [0.05, 0.1) is 32.5 Å². The lowest BCUT2D eigenvalue weighted by Crippen LogP contribution is -2.29. The number of nitrogens with zero attached hydrogens (tertiary/aromatic N) is 1. The molecule has 0 aliphatic heterocycles. The highest BCUT2D eigenvalue weighted by molar-refractivity contribution is 6.62. The third kappa shape index (κ3) is 4.96. The quantitative estimate of drug-likeness (QED) is 0.322. The van der Waals surface area contributed by atoms with Gasteiger partial charge in [-0.25, -0.2) is 14.0 Å². The summed E-state index contributed by atoms with van der Waals surface area (Å²) in [4.78, 5) is 23.7. The van der Waals surface area contributed by atoms with Gasteiger partial charge in [0, 0.05) is 0 Å². The maximum absolute atomic E-state index is 14.2. The number of hydrazone groups is 1. The first kappa shape index (κ1) is 20.5. The molecule has 0 saturated heterocycles. The lowest BCUT2D eigenvalue weighted by Gasteiger charge is -2.14. The summed E-state index contributed by atoms with van der Waals surface area (Å²) in [6.07, 6.45) is 0. The number of rotatable bonds is 8. The van der Waals surface area contributed by atoms with Crippen LogP contribution in [-0.2, 0) is 19.1 Å². The van der Waals surface area contributed by atoms with Crippen molar-refractivity contribution >= 4 is 34.9 Å². The van der Waals surface area contributed by atoms with E-state index in [1.54, 1.807) is 13.8 Å². The Morgan fingerprint density at radius 2 is 1.64 bits per heavy atom. The molecule has 1 aromatic rings. The molecule has 0 amide bonds. The SMILES string of the molecule is CCOC(=O)C(=NNc1c(F)cc(Cl)c(OC)c1OC)C(=O)OCC. The smallest absolute Gasteiger partial charge is 0.366 e. The monoisotopic (exact) mass is 376 g/mol. The number of halogens is 2. The summed E-state index contributed by atoms with van der Waals surface area (Å²) >= 11 is 5.87. The molecule has 0 bridgehead atoms. The van der Waals surface area contributed by atoms with Crippen molar-refractivity contribution in [3.63, 3.8) is 0 Å². The van der Waals surface area contributed by atoms with E-state index in [9.17, 15) is 14.0 Å². The Balaban J connectivity index is 3.30. The highest BCUT2D eigenvalue weighted by Gasteiger charge is 2.25. The maximum atomic E-state index is 14.2. The van der Waals surface area contributed by atoms with Crippen molar-refractivity contribution in [3.8, 4) is 11.5 Å². The van der Waals surface area contributed by atoms with Gasteiger partial charge in [-0.15, -0.1) is 0 Å². The molecule has 8 nitrogen and oxygen atoms in total. The van der Waals surface area contributed by atoms with Crippen LogP contribution in [0.3, 0.4) is 0 Å². The van der Waals surface area contributed by atoms with Gasteiger partial charge in [0.1, 0.15) is 5.69 Å². The minimum absolute atomic E-state index is 0.0176. The van der Waals surface area contributed by atoms with Gasteiger partial charge in [-0.1, -0.05) is 11.6 Å². The number of methoxy groups -OCH3 is 2. The molecule has 25 heavy (non-hydrogen) atoms. The minimum atomic E-state index is -1.02. The molecule has 0 atom stereocenters. The largest absolute Gasteiger partial charge is 0.491 e. The fourth-order valence-corrected chi connectivity index (χ4v) is 2.01. The Kier molecular flexibility index (Phi) is 7.93. The number of anilines is 1. The van der Waals surface area contributed by atoms with Crippen LogP contribution in [0.2, 0.25) is 5.02 Å². The van der Waals surface area contributed by atoms with Crippen molar-refractivity contribution in [1.82, 2.24) is 0 Å². The van der Waals surface area contributed by atoms with Gasteiger partial charge in [-0.05, 0) is 19.9 Å². The average molecular weight is 377 g/mol. The number of carbonyl (C=O) groups is 2. The molecule has 0 aliphatic rings. The van der Waals surface area contributed by atoms with Crippen molar-refractivity contribution in [1.29, 1.82) is 0 Å². The highest BCUT2D eigenvalue weighted by Crippen LogP contribution is 2.42. The van der Waals surface area contributed by atoms with Crippen LogP contribution in [-0.4, -0.2) is 45.1 Å². The van der Waals surface area contributed by atoms with Crippen molar-refractivity contribution < 1.29 is 32.9 Å². The van der Waals surface area contributed by atoms with Crippen molar-refractivity contribution in [2.24, 2.45) is 5.10 Å². The summed E-state index contributed by atoms with van der Waals surface area (Å²) in [5.74, 6) is -2.92. The van der Waals surface area contributed by atoms with Crippen LogP contribution in [0.4, 0.5) is 10.1 Å². The predicted molar refractivity (Wildman–Crippen MR) is 88.8 cm³/mol. The van der Waals surface area contributed by atoms with Crippen LogP contribution in [0.1, 0.15) is 13.8 Å². The Bertz CT molecular complexity index is 660. The van der Waals surface area contributed by atoms with Gasteiger partial charge in [0.25, 0.3) is 5.71 Å². The number of esters is 2. The Hall–Kier alpha value is -2.55. The molecule has 1 aromatic carbocycles. The Morgan fingerprint density at radius 3 is 2.08 bits per heavy atom. The van der Waals surface area contributed by atoms with Gasteiger partial charge < -0.3 is 18.9 Å². The van der Waals surface area contributed by atoms with E-state index in [0.29, 0.717) is 0 Å². The van der Waals surface area contributed by atoms with Gasteiger partial charge in [-0.3, -0.25) is 5.43 Å². The first-order valence-electron chi connectivity index (χ1n) is 7.19. The zero-order valence-electron chi connectivity index (χ0n) is 14.1. The molecular formula is C15H18ClFN2O6. The normalized spacial score (nSPS) is 9.84. The number of hydrogen-bond donors (Lipinski definition) is 1. The number of carbonyl (C=O) groups excluding carboxylic acids is 2. The van der Waals surface area contributed by atoms with Crippen LogP contribution in [0.15, 0.2) is 11.2 Å². The van der Waals surface area contributed by atoms with E-state index in [1.807, 2.05) is 0 Å². The summed E-state index contributed by atoms with van der Waals surface area (Å²) in [7, 11) is 2.58. The topological polar surface area (TPSA) is 95.5 Å². The fourth-order valence-electron chi connectivity index (χ4n) is 1.75. The van der Waals surface area contributed by atoms with Gasteiger partial charge >= 0.3 is 11.9 Å². The van der Waals surface area contributed by atoms with Crippen LogP contribution in [0.5, 0.6) is 11.5 Å². The molecule has 0 spiro atoms. The third-order valence-corrected chi connectivity index (χ3v) is 3.05. The summed E-state index contributed by atoms with van der Waals surface area (Å²) in [6, 6.07) is 0.967. The number of benzene rings is 1. The summed E-state index contributed by atoms with van der Waals surface area (Å²) in [6.45, 7) is 3.15. The van der Waals surface area contributed by atoms with Crippen molar-refractivity contribution in [2.75, 3.05) is 32.9 Å². The van der Waals surface area contributed by atoms with Crippen LogP contribution >= 0.6 is 11.6 Å². The van der Waals surface area contributed by atoms with Crippen molar-refractivity contribution in [3.05, 3.63) is 16.9 Å². The second-order valence-electron chi connectivity index (χ2n) is 4.29. The van der Waals surface area contributed by atoms with E-state index in [-0.39, 0.29) is 35.4 Å². The predicted octanol–water partition coefficient (Wildman–Crippen LogP) is 2.39. The molecule has 138 valence electrons. The average Bonchev–Trinajstić information content (AvgIpc) is 2.56. The number of nitrogens with one attached hydrogen (secondary N) is 1. The van der Waals surface area contributed by atoms with Gasteiger partial charge in [-0.2, -0.15) is 5.10 Å². The highest BCUT2D eigenvalue weighted by atomic mass is 35.5. The molecular weight excluding hydrogens is 359 g/mol. The first-order valence-corrected chi connectivity index (χ1v) is 7.56. The Morgan fingerprint density at radius 1 is 1.12 bits per heavy atom. The lowest BCUT2D eigenvalue weighted by molar-refractivity contribution is -0.140. The summed E-state index contributed by atoms with van der Waals surface area (Å²) < 4.78 is 33.7. The molecule has 1 rings (SSSR count). The summed E-state index contributed by atoms with van der Waals surface area (Å²) in [5.41, 5.74) is 1.30. The van der Waals surface area contributed by atoms with E-state index in [1.165, 1.54) is 14.2 Å². The molecule has 0 aromatic heterocycles. The molecule has 10 heteroatoms. The standard InChI is InChI=1S/C15H18ClFN2O6/c1-5-24-14(20)11(15(21)25-6-2)19-18-10-9(17)7-8(16)12(22-3)13(10)23-4/h7,18H,5-6H2,1-4H3. The third-order valence-electron chi connectivity index (χ3n) is 2.77. The first-order chi connectivity index (χ1) is 11.9. The second kappa shape index (κ2) is 9.67. The maximum Gasteiger partial charge on any atom is 0.366 e. The van der Waals surface area contributed by atoms with E-state index < -0.39 is 23.5 Å². The number of ether oxygens (including phenoxy) is 4. The summed E-state index contributed by atoms with van der Waals surface area (Å²) in [5, 5.41) is 3.58. The fraction of sp³-hybridized carbons (Fsp3) is 0.400. The zero-order chi connectivity index (χ0) is 19.0. The minimum Gasteiger partial charge on any atom is -0.491 e. The lowest BCUT2D eigenvalue weighted by atomic mass is 10.2. The van der Waals surface area contributed by atoms with Crippen molar-refractivity contribution in [2.45, 2.75) is 13.8 Å². The molecule has 0 fully saturated rings. The molecule has 0 radical (unpaired) electrons. The van der Waals surface area contributed by atoms with E-state index in [2.05, 4.69) is 10.5 Å². The second-order valence-corrected chi connectivity index (χ2v) is 4.70. The van der Waals surface area contributed by atoms with Gasteiger partial charge in [0.2, 0.25) is 0 Å².